The molecule has 0 bridgehead atoms. The molecule has 2 rings (SSSR count). The molecule has 0 aromatic carbocycles. The first-order valence-electron chi connectivity index (χ1n) is 6.80. The van der Waals surface area contributed by atoms with Gasteiger partial charge in [0.15, 0.2) is 0 Å². The Morgan fingerprint density at radius 1 is 1.47 bits per heavy atom. The predicted molar refractivity (Wildman–Crippen MR) is 75.3 cm³/mol. The number of sulfonamides is 1. The molecule has 5 nitrogen and oxygen atoms in total. The quantitative estimate of drug-likeness (QED) is 0.791. The maximum Gasteiger partial charge on any atom is 0.242 e. The molecule has 0 aliphatic heterocycles. The van der Waals surface area contributed by atoms with Crippen molar-refractivity contribution in [1.29, 1.82) is 0 Å². The van der Waals surface area contributed by atoms with Crippen LogP contribution in [-0.2, 0) is 23.6 Å². The van der Waals surface area contributed by atoms with Crippen LogP contribution < -0.4 is 10.0 Å². The van der Waals surface area contributed by atoms with Crippen molar-refractivity contribution in [2.75, 3.05) is 7.05 Å². The van der Waals surface area contributed by atoms with E-state index in [9.17, 15) is 8.42 Å². The Morgan fingerprint density at radius 3 is 2.84 bits per heavy atom. The number of aryl methyl sites for hydroxylation is 1. The van der Waals surface area contributed by atoms with E-state index < -0.39 is 10.0 Å². The number of hydrogen-bond donors (Lipinski definition) is 2. The number of rotatable bonds is 7. The van der Waals surface area contributed by atoms with Crippen molar-refractivity contribution in [3.05, 3.63) is 18.0 Å². The molecule has 6 heteroatoms. The molecule has 1 heterocycles. The van der Waals surface area contributed by atoms with Crippen LogP contribution in [0.5, 0.6) is 0 Å². The normalized spacial score (nSPS) is 22.7. The third kappa shape index (κ3) is 3.38. The Morgan fingerprint density at radius 2 is 2.21 bits per heavy atom. The molecule has 1 aromatic heterocycles. The van der Waals surface area contributed by atoms with Crippen molar-refractivity contribution in [2.45, 2.75) is 43.7 Å². The highest BCUT2D eigenvalue weighted by molar-refractivity contribution is 7.89. The Labute approximate surface area is 115 Å². The van der Waals surface area contributed by atoms with Crippen molar-refractivity contribution >= 4 is 10.0 Å². The second-order valence-electron chi connectivity index (χ2n) is 5.32. The molecule has 0 radical (unpaired) electrons. The molecular formula is C13H23N3O2S. The monoisotopic (exact) mass is 285 g/mol. The molecule has 1 saturated carbocycles. The number of aromatic nitrogens is 1. The molecule has 2 N–H and O–H groups in total. The van der Waals surface area contributed by atoms with Gasteiger partial charge in [-0.05, 0) is 31.9 Å². The third-order valence-corrected chi connectivity index (χ3v) is 5.10. The molecule has 0 amide bonds. The third-order valence-electron chi connectivity index (χ3n) is 3.64. The van der Waals surface area contributed by atoms with E-state index in [2.05, 4.69) is 17.0 Å². The van der Waals surface area contributed by atoms with Crippen molar-refractivity contribution in [3.8, 4) is 0 Å². The number of nitrogens with one attached hydrogen (secondary N) is 2. The first-order chi connectivity index (χ1) is 8.97. The molecule has 1 aliphatic carbocycles. The lowest BCUT2D eigenvalue weighted by atomic mass is 10.2. The van der Waals surface area contributed by atoms with Gasteiger partial charge in [0.1, 0.15) is 0 Å². The van der Waals surface area contributed by atoms with E-state index in [0.29, 0.717) is 17.4 Å². The highest BCUT2D eigenvalue weighted by Crippen LogP contribution is 2.35. The summed E-state index contributed by atoms with van der Waals surface area (Å²) in [4.78, 5) is 0.363. The fourth-order valence-corrected chi connectivity index (χ4v) is 3.84. The molecule has 0 saturated heterocycles. The maximum absolute atomic E-state index is 12.3. The Hall–Kier alpha value is -0.850. The lowest BCUT2D eigenvalue weighted by molar-refractivity contribution is 0.573. The Kier molecular flexibility index (Phi) is 4.32. The molecular weight excluding hydrogens is 262 g/mol. The average molecular weight is 285 g/mol. The Bertz CT molecular complexity index is 536. The summed E-state index contributed by atoms with van der Waals surface area (Å²) < 4.78 is 29.2. The first-order valence-corrected chi connectivity index (χ1v) is 8.28. The zero-order chi connectivity index (χ0) is 14.0. The van der Waals surface area contributed by atoms with E-state index in [1.165, 1.54) is 0 Å². The van der Waals surface area contributed by atoms with Gasteiger partial charge in [-0.15, -0.1) is 0 Å². The lowest BCUT2D eigenvalue weighted by Crippen LogP contribution is -2.26. The molecule has 108 valence electrons. The highest BCUT2D eigenvalue weighted by atomic mass is 32.2. The zero-order valence-corrected chi connectivity index (χ0v) is 12.6. The van der Waals surface area contributed by atoms with Gasteiger partial charge in [0.05, 0.1) is 4.90 Å². The Balaban J connectivity index is 2.06. The van der Waals surface area contributed by atoms with Gasteiger partial charge in [0.2, 0.25) is 10.0 Å². The maximum atomic E-state index is 12.3. The van der Waals surface area contributed by atoms with Crippen LogP contribution in [0.1, 0.15) is 31.9 Å². The SMILES string of the molecule is CCCC1CC1NS(=O)(=O)c1cc(CNC)n(C)c1. The molecule has 1 aliphatic rings. The fourth-order valence-electron chi connectivity index (χ4n) is 2.43. The fraction of sp³-hybridized carbons (Fsp3) is 0.692. The summed E-state index contributed by atoms with van der Waals surface area (Å²) in [6.07, 6.45) is 4.86. The van der Waals surface area contributed by atoms with Crippen molar-refractivity contribution in [1.82, 2.24) is 14.6 Å². The predicted octanol–water partition coefficient (Wildman–Crippen LogP) is 1.21. The summed E-state index contributed by atoms with van der Waals surface area (Å²) in [6.45, 7) is 2.79. The lowest BCUT2D eigenvalue weighted by Gasteiger charge is -2.03. The highest BCUT2D eigenvalue weighted by Gasteiger charge is 2.39. The van der Waals surface area contributed by atoms with Crippen LogP contribution in [0, 0.1) is 5.92 Å². The van der Waals surface area contributed by atoms with E-state index in [0.717, 1.165) is 25.0 Å². The van der Waals surface area contributed by atoms with E-state index >= 15 is 0 Å². The van der Waals surface area contributed by atoms with Crippen LogP contribution in [0.25, 0.3) is 0 Å². The molecule has 0 spiro atoms. The first kappa shape index (κ1) is 14.6. The van der Waals surface area contributed by atoms with Crippen LogP contribution >= 0.6 is 0 Å². The largest absolute Gasteiger partial charge is 0.352 e. The minimum Gasteiger partial charge on any atom is -0.352 e. The molecule has 19 heavy (non-hydrogen) atoms. The molecule has 2 unspecified atom stereocenters. The van der Waals surface area contributed by atoms with E-state index in [-0.39, 0.29) is 6.04 Å². The van der Waals surface area contributed by atoms with Crippen LogP contribution in [-0.4, -0.2) is 26.1 Å². The van der Waals surface area contributed by atoms with Crippen LogP contribution in [0.4, 0.5) is 0 Å². The minimum absolute atomic E-state index is 0.137. The van der Waals surface area contributed by atoms with Gasteiger partial charge in [-0.1, -0.05) is 13.3 Å². The number of nitrogens with zero attached hydrogens (tertiary/aromatic N) is 1. The molecule has 1 fully saturated rings. The van der Waals surface area contributed by atoms with Gasteiger partial charge >= 0.3 is 0 Å². The summed E-state index contributed by atoms with van der Waals surface area (Å²) >= 11 is 0. The van der Waals surface area contributed by atoms with Crippen molar-refractivity contribution < 1.29 is 8.42 Å². The zero-order valence-electron chi connectivity index (χ0n) is 11.8. The summed E-state index contributed by atoms with van der Waals surface area (Å²) in [6, 6.07) is 1.87. The summed E-state index contributed by atoms with van der Waals surface area (Å²) in [5, 5.41) is 3.03. The smallest absolute Gasteiger partial charge is 0.242 e. The van der Waals surface area contributed by atoms with Gasteiger partial charge < -0.3 is 9.88 Å². The van der Waals surface area contributed by atoms with E-state index in [1.807, 2.05) is 18.7 Å². The minimum atomic E-state index is -3.37. The van der Waals surface area contributed by atoms with Gasteiger partial charge in [-0.2, -0.15) is 0 Å². The number of hydrogen-bond acceptors (Lipinski definition) is 3. The average Bonchev–Trinajstić information content (AvgIpc) is 2.92. The van der Waals surface area contributed by atoms with Gasteiger partial charge in [0, 0.05) is 31.5 Å². The van der Waals surface area contributed by atoms with Gasteiger partial charge in [0.25, 0.3) is 0 Å². The summed E-state index contributed by atoms with van der Waals surface area (Å²) in [7, 11) is 0.343. The standard InChI is InChI=1S/C13H23N3O2S/c1-4-5-10-6-13(10)15-19(17,18)12-7-11(8-14-2)16(3)9-12/h7,9-10,13-15H,4-6,8H2,1-3H3. The van der Waals surface area contributed by atoms with E-state index in [4.69, 9.17) is 0 Å². The molecule has 2 atom stereocenters. The second kappa shape index (κ2) is 5.64. The second-order valence-corrected chi connectivity index (χ2v) is 7.03. The van der Waals surface area contributed by atoms with Crippen molar-refractivity contribution in [3.63, 3.8) is 0 Å². The molecule has 1 aromatic rings. The van der Waals surface area contributed by atoms with Gasteiger partial charge in [-0.3, -0.25) is 0 Å². The topological polar surface area (TPSA) is 63.1 Å². The van der Waals surface area contributed by atoms with Crippen LogP contribution in [0.2, 0.25) is 0 Å². The summed E-state index contributed by atoms with van der Waals surface area (Å²) in [5.41, 5.74) is 0.962. The van der Waals surface area contributed by atoms with Crippen LogP contribution in [0.15, 0.2) is 17.2 Å². The van der Waals surface area contributed by atoms with Crippen molar-refractivity contribution in [2.24, 2.45) is 13.0 Å². The summed E-state index contributed by atoms with van der Waals surface area (Å²) in [5.74, 6) is 0.528. The van der Waals surface area contributed by atoms with Crippen LogP contribution in [0.3, 0.4) is 0 Å². The van der Waals surface area contributed by atoms with Gasteiger partial charge in [-0.25, -0.2) is 13.1 Å². The van der Waals surface area contributed by atoms with E-state index in [1.54, 1.807) is 12.3 Å².